The Kier molecular flexibility index (Phi) is 2.89. The Morgan fingerprint density at radius 2 is 2.38 bits per heavy atom. The van der Waals surface area contributed by atoms with Gasteiger partial charge in [0.25, 0.3) is 5.56 Å². The second-order valence-corrected chi connectivity index (χ2v) is 3.21. The molecule has 0 aliphatic carbocycles. The summed E-state index contributed by atoms with van der Waals surface area (Å²) >= 11 is 0. The Hall–Kier alpha value is -1.52. The quantitative estimate of drug-likeness (QED) is 0.639. The van der Waals surface area contributed by atoms with Crippen LogP contribution in [-0.4, -0.2) is 21.6 Å². The van der Waals surface area contributed by atoms with E-state index in [4.69, 9.17) is 0 Å². The van der Waals surface area contributed by atoms with Crippen molar-refractivity contribution in [3.63, 3.8) is 0 Å². The molecular formula is C8H13N3O2. The van der Waals surface area contributed by atoms with Gasteiger partial charge in [0.2, 0.25) is 5.88 Å². The number of aromatic hydroxyl groups is 1. The van der Waals surface area contributed by atoms with Crippen LogP contribution in [0.15, 0.2) is 11.1 Å². The van der Waals surface area contributed by atoms with Gasteiger partial charge in [-0.05, 0) is 5.92 Å². The van der Waals surface area contributed by atoms with Gasteiger partial charge in [-0.3, -0.25) is 4.79 Å². The largest absolute Gasteiger partial charge is 0.492 e. The van der Waals surface area contributed by atoms with Crippen LogP contribution in [0.25, 0.3) is 0 Å². The number of H-pyrrole nitrogens is 1. The lowest BCUT2D eigenvalue weighted by molar-refractivity contribution is 0.452. The smallest absolute Gasteiger partial charge is 0.278 e. The Morgan fingerprint density at radius 1 is 1.69 bits per heavy atom. The summed E-state index contributed by atoms with van der Waals surface area (Å²) in [6, 6.07) is 0. The molecule has 3 N–H and O–H groups in total. The van der Waals surface area contributed by atoms with Crippen LogP contribution < -0.4 is 10.9 Å². The second-order valence-electron chi connectivity index (χ2n) is 3.21. The number of rotatable bonds is 3. The summed E-state index contributed by atoms with van der Waals surface area (Å²) in [6.07, 6.45) is 1.16. The van der Waals surface area contributed by atoms with Crippen molar-refractivity contribution < 1.29 is 5.11 Å². The molecule has 1 aromatic heterocycles. The lowest BCUT2D eigenvalue weighted by atomic mass is 10.2. The highest BCUT2D eigenvalue weighted by Crippen LogP contribution is 2.12. The number of aromatic amines is 1. The predicted octanol–water partition coefficient (Wildman–Crippen LogP) is 0.543. The number of hydrogen-bond acceptors (Lipinski definition) is 4. The number of anilines is 1. The standard InChI is InChI=1S/C8H13N3O2/c1-5(2)3-9-6-7(12)10-4-11-8(6)13/h4-5,9H,3H2,1-2H3,(H2,10,11,12,13). The van der Waals surface area contributed by atoms with E-state index in [1.807, 2.05) is 13.8 Å². The predicted molar refractivity (Wildman–Crippen MR) is 49.9 cm³/mol. The highest BCUT2D eigenvalue weighted by atomic mass is 16.3. The SMILES string of the molecule is CC(C)CNc1c(O)nc[nH]c1=O. The van der Waals surface area contributed by atoms with Crippen molar-refractivity contribution in [2.45, 2.75) is 13.8 Å². The Bertz CT molecular complexity index is 332. The van der Waals surface area contributed by atoms with E-state index < -0.39 is 0 Å². The van der Waals surface area contributed by atoms with Gasteiger partial charge in [0.05, 0.1) is 6.33 Å². The minimum absolute atomic E-state index is 0.135. The monoisotopic (exact) mass is 183 g/mol. The summed E-state index contributed by atoms with van der Waals surface area (Å²) in [5.41, 5.74) is -0.218. The first kappa shape index (κ1) is 9.57. The molecule has 0 radical (unpaired) electrons. The van der Waals surface area contributed by atoms with Crippen molar-refractivity contribution in [1.29, 1.82) is 0 Å². The molecule has 0 aromatic carbocycles. The van der Waals surface area contributed by atoms with E-state index in [-0.39, 0.29) is 17.1 Å². The fraction of sp³-hybridized carbons (Fsp3) is 0.500. The van der Waals surface area contributed by atoms with Crippen LogP contribution in [-0.2, 0) is 0 Å². The molecule has 0 aliphatic rings. The third-order valence-electron chi connectivity index (χ3n) is 1.52. The van der Waals surface area contributed by atoms with Gasteiger partial charge in [-0.25, -0.2) is 4.98 Å². The molecule has 0 unspecified atom stereocenters. The first-order valence-corrected chi connectivity index (χ1v) is 4.11. The summed E-state index contributed by atoms with van der Waals surface area (Å²) in [4.78, 5) is 17.1. The van der Waals surface area contributed by atoms with Crippen LogP contribution in [0, 0.1) is 5.92 Å². The molecule has 0 fully saturated rings. The highest BCUT2D eigenvalue weighted by molar-refractivity contribution is 5.49. The number of aromatic nitrogens is 2. The first-order chi connectivity index (χ1) is 6.11. The van der Waals surface area contributed by atoms with Crippen molar-refractivity contribution in [2.75, 3.05) is 11.9 Å². The molecule has 5 nitrogen and oxygen atoms in total. The van der Waals surface area contributed by atoms with Crippen LogP contribution in [0.4, 0.5) is 5.69 Å². The average Bonchev–Trinajstić information content (AvgIpc) is 2.03. The van der Waals surface area contributed by atoms with Crippen molar-refractivity contribution in [3.05, 3.63) is 16.7 Å². The van der Waals surface area contributed by atoms with E-state index in [0.29, 0.717) is 12.5 Å². The molecule has 0 amide bonds. The zero-order chi connectivity index (χ0) is 9.84. The Balaban J connectivity index is 2.81. The molecule has 5 heteroatoms. The third kappa shape index (κ3) is 2.47. The van der Waals surface area contributed by atoms with Crippen molar-refractivity contribution in [3.8, 4) is 5.88 Å². The number of nitrogens with zero attached hydrogens (tertiary/aromatic N) is 1. The molecular weight excluding hydrogens is 170 g/mol. The fourth-order valence-electron chi connectivity index (χ4n) is 0.856. The van der Waals surface area contributed by atoms with Gasteiger partial charge >= 0.3 is 0 Å². The number of hydrogen-bond donors (Lipinski definition) is 3. The molecule has 0 spiro atoms. The highest BCUT2D eigenvalue weighted by Gasteiger charge is 2.06. The molecule has 0 aliphatic heterocycles. The Morgan fingerprint density at radius 3 is 2.92 bits per heavy atom. The van der Waals surface area contributed by atoms with E-state index in [1.165, 1.54) is 0 Å². The van der Waals surface area contributed by atoms with Crippen LogP contribution in [0.2, 0.25) is 0 Å². The molecule has 72 valence electrons. The molecule has 0 atom stereocenters. The minimum Gasteiger partial charge on any atom is -0.492 e. The van der Waals surface area contributed by atoms with Gasteiger partial charge < -0.3 is 15.4 Å². The van der Waals surface area contributed by atoms with E-state index in [0.717, 1.165) is 6.33 Å². The first-order valence-electron chi connectivity index (χ1n) is 4.11. The van der Waals surface area contributed by atoms with Crippen LogP contribution in [0.3, 0.4) is 0 Å². The maximum atomic E-state index is 11.1. The lowest BCUT2D eigenvalue weighted by Crippen LogP contribution is -2.17. The zero-order valence-electron chi connectivity index (χ0n) is 7.66. The van der Waals surface area contributed by atoms with Crippen LogP contribution in [0.1, 0.15) is 13.8 Å². The molecule has 0 bridgehead atoms. The maximum Gasteiger partial charge on any atom is 0.278 e. The molecule has 0 saturated carbocycles. The van der Waals surface area contributed by atoms with E-state index in [1.54, 1.807) is 0 Å². The Labute approximate surface area is 75.8 Å². The third-order valence-corrected chi connectivity index (χ3v) is 1.52. The lowest BCUT2D eigenvalue weighted by Gasteiger charge is -2.07. The van der Waals surface area contributed by atoms with Crippen molar-refractivity contribution in [1.82, 2.24) is 9.97 Å². The molecule has 13 heavy (non-hydrogen) atoms. The van der Waals surface area contributed by atoms with Crippen molar-refractivity contribution >= 4 is 5.69 Å². The molecule has 0 saturated heterocycles. The van der Waals surface area contributed by atoms with E-state index >= 15 is 0 Å². The van der Waals surface area contributed by atoms with Crippen LogP contribution in [0.5, 0.6) is 5.88 Å². The van der Waals surface area contributed by atoms with Gasteiger partial charge in [-0.15, -0.1) is 0 Å². The summed E-state index contributed by atoms with van der Waals surface area (Å²) in [5, 5.41) is 12.0. The van der Waals surface area contributed by atoms with Gasteiger partial charge in [0, 0.05) is 6.54 Å². The van der Waals surface area contributed by atoms with Crippen molar-refractivity contribution in [2.24, 2.45) is 5.92 Å². The zero-order valence-corrected chi connectivity index (χ0v) is 7.66. The normalized spacial score (nSPS) is 10.4. The molecule has 1 heterocycles. The molecule has 1 rings (SSSR count). The summed E-state index contributed by atoms with van der Waals surface area (Å²) < 4.78 is 0. The second kappa shape index (κ2) is 3.93. The van der Waals surface area contributed by atoms with E-state index in [9.17, 15) is 9.90 Å². The summed E-state index contributed by atoms with van der Waals surface area (Å²) in [7, 11) is 0. The fourth-order valence-corrected chi connectivity index (χ4v) is 0.856. The van der Waals surface area contributed by atoms with E-state index in [2.05, 4.69) is 15.3 Å². The minimum atomic E-state index is -0.354. The number of nitrogens with one attached hydrogen (secondary N) is 2. The maximum absolute atomic E-state index is 11.1. The summed E-state index contributed by atoms with van der Waals surface area (Å²) in [5.74, 6) is 0.142. The topological polar surface area (TPSA) is 78.0 Å². The van der Waals surface area contributed by atoms with Gasteiger partial charge in [-0.2, -0.15) is 0 Å². The van der Waals surface area contributed by atoms with Gasteiger partial charge in [0.1, 0.15) is 0 Å². The molecule has 1 aromatic rings. The van der Waals surface area contributed by atoms with Gasteiger partial charge in [-0.1, -0.05) is 13.8 Å². The van der Waals surface area contributed by atoms with Gasteiger partial charge in [0.15, 0.2) is 5.69 Å². The average molecular weight is 183 g/mol. The van der Waals surface area contributed by atoms with Crippen LogP contribution >= 0.6 is 0 Å². The summed E-state index contributed by atoms with van der Waals surface area (Å²) in [6.45, 7) is 4.64.